The van der Waals surface area contributed by atoms with Crippen LogP contribution in [0.5, 0.6) is 0 Å². The van der Waals surface area contributed by atoms with Gasteiger partial charge >= 0.3 is 0 Å². The van der Waals surface area contributed by atoms with Crippen molar-refractivity contribution < 1.29 is 5.06 Å². The number of nitroso groups, excluding NO2 is 1. The summed E-state index contributed by atoms with van der Waals surface area (Å²) < 4.78 is 0. The van der Waals surface area contributed by atoms with Crippen LogP contribution in [0.15, 0.2) is 18.0 Å². The fraction of sp³-hybridized carbons (Fsp3) is 0.750. The summed E-state index contributed by atoms with van der Waals surface area (Å²) in [6.45, 7) is 3.43. The van der Waals surface area contributed by atoms with E-state index in [1.54, 1.807) is 0 Å². The summed E-state index contributed by atoms with van der Waals surface area (Å²) in [4.78, 5) is 10.2. The van der Waals surface area contributed by atoms with Gasteiger partial charge in [0.05, 0.1) is 18.3 Å². The van der Waals surface area contributed by atoms with Crippen LogP contribution in [0.1, 0.15) is 25.7 Å². The highest BCUT2D eigenvalue weighted by Gasteiger charge is 2.25. The molecule has 1 aliphatic carbocycles. The molecule has 68 valence electrons. The average molecular weight is 170 g/mol. The minimum absolute atomic E-state index is 0.000972. The molecule has 1 saturated carbocycles. The molecule has 0 aromatic rings. The molecule has 0 heterocycles. The molecule has 0 amide bonds. The number of nitrogens with one attached hydrogen (secondary N) is 1. The first-order valence-corrected chi connectivity index (χ1v) is 4.26. The van der Waals surface area contributed by atoms with Crippen molar-refractivity contribution in [2.45, 2.75) is 37.8 Å². The monoisotopic (exact) mass is 170 g/mol. The zero-order valence-corrected chi connectivity index (χ0v) is 7.03. The van der Waals surface area contributed by atoms with Gasteiger partial charge < -0.3 is 10.3 Å². The second kappa shape index (κ2) is 4.33. The van der Waals surface area contributed by atoms with Crippen LogP contribution in [0, 0.1) is 10.1 Å². The van der Waals surface area contributed by atoms with Crippen molar-refractivity contribution in [1.29, 1.82) is 0 Å². The standard InChI is InChI=1S/C8H14N2O2/c1-2-10(12)8-5-3-4-7(6-8)9-11/h2,7-8,10H,1,3-6H2. The number of hydrogen-bond acceptors (Lipinski definition) is 3. The summed E-state index contributed by atoms with van der Waals surface area (Å²) in [5, 5.41) is 14.2. The first-order chi connectivity index (χ1) is 5.77. The Hall–Kier alpha value is -0.740. The van der Waals surface area contributed by atoms with Gasteiger partial charge in [-0.1, -0.05) is 5.18 Å². The van der Waals surface area contributed by atoms with Crippen molar-refractivity contribution in [3.05, 3.63) is 22.9 Å². The third kappa shape index (κ3) is 2.12. The van der Waals surface area contributed by atoms with Gasteiger partial charge in [0.15, 0.2) is 0 Å². The molecule has 0 radical (unpaired) electrons. The van der Waals surface area contributed by atoms with E-state index in [4.69, 9.17) is 0 Å². The van der Waals surface area contributed by atoms with E-state index in [1.807, 2.05) is 0 Å². The van der Waals surface area contributed by atoms with Gasteiger partial charge in [-0.3, -0.25) is 0 Å². The van der Waals surface area contributed by atoms with E-state index >= 15 is 0 Å². The zero-order chi connectivity index (χ0) is 8.97. The fourth-order valence-electron chi connectivity index (χ4n) is 1.68. The summed E-state index contributed by atoms with van der Waals surface area (Å²) >= 11 is 0. The maximum atomic E-state index is 11.2. The Morgan fingerprint density at radius 3 is 2.92 bits per heavy atom. The first-order valence-electron chi connectivity index (χ1n) is 4.26. The third-order valence-electron chi connectivity index (χ3n) is 2.40. The molecule has 1 aliphatic rings. The van der Waals surface area contributed by atoms with Crippen molar-refractivity contribution in [1.82, 2.24) is 0 Å². The molecule has 12 heavy (non-hydrogen) atoms. The van der Waals surface area contributed by atoms with Gasteiger partial charge in [-0.2, -0.15) is 4.91 Å². The highest BCUT2D eigenvalue weighted by atomic mass is 16.5. The van der Waals surface area contributed by atoms with E-state index in [2.05, 4.69) is 11.8 Å². The van der Waals surface area contributed by atoms with Gasteiger partial charge in [-0.25, -0.2) is 0 Å². The molecule has 0 aromatic heterocycles. The summed E-state index contributed by atoms with van der Waals surface area (Å²) in [5.41, 5.74) is 0. The maximum Gasteiger partial charge on any atom is 0.0976 e. The number of hydrogen-bond donors (Lipinski definition) is 1. The van der Waals surface area contributed by atoms with Crippen molar-refractivity contribution in [3.63, 3.8) is 0 Å². The van der Waals surface area contributed by atoms with Crippen molar-refractivity contribution in [3.8, 4) is 0 Å². The molecule has 0 aromatic carbocycles. The van der Waals surface area contributed by atoms with Gasteiger partial charge in [0.1, 0.15) is 0 Å². The molecule has 0 aliphatic heterocycles. The van der Waals surface area contributed by atoms with Gasteiger partial charge in [0.25, 0.3) is 0 Å². The number of hydroxylamine groups is 2. The molecule has 3 unspecified atom stereocenters. The lowest BCUT2D eigenvalue weighted by Gasteiger charge is -2.32. The molecule has 1 fully saturated rings. The SMILES string of the molecule is C=C[NH+]([O-])C1CCCC(N=O)C1. The largest absolute Gasteiger partial charge is 0.629 e. The molecule has 4 nitrogen and oxygen atoms in total. The molecule has 1 rings (SSSR count). The maximum absolute atomic E-state index is 11.2. The number of rotatable bonds is 3. The van der Waals surface area contributed by atoms with Crippen molar-refractivity contribution in [2.24, 2.45) is 5.18 Å². The molecule has 0 saturated heterocycles. The predicted molar refractivity (Wildman–Crippen MR) is 46.4 cm³/mol. The molecular weight excluding hydrogens is 156 g/mol. The number of quaternary nitrogens is 1. The lowest BCUT2D eigenvalue weighted by atomic mass is 9.91. The van der Waals surface area contributed by atoms with E-state index in [-0.39, 0.29) is 17.1 Å². The molecular formula is C8H14N2O2. The Morgan fingerprint density at radius 2 is 2.33 bits per heavy atom. The molecule has 3 atom stereocenters. The summed E-state index contributed by atoms with van der Waals surface area (Å²) in [5.74, 6) is 0. The Labute approximate surface area is 71.8 Å². The number of nitrogens with zero attached hydrogens (tertiary/aromatic N) is 1. The topological polar surface area (TPSA) is 56.9 Å². The summed E-state index contributed by atoms with van der Waals surface area (Å²) in [6.07, 6.45) is 4.62. The second-order valence-corrected chi connectivity index (χ2v) is 3.23. The van der Waals surface area contributed by atoms with Gasteiger partial charge in [-0.15, -0.1) is 0 Å². The molecule has 4 heteroatoms. The minimum Gasteiger partial charge on any atom is -0.629 e. The second-order valence-electron chi connectivity index (χ2n) is 3.23. The van der Waals surface area contributed by atoms with E-state index < -0.39 is 0 Å². The van der Waals surface area contributed by atoms with Crippen LogP contribution in [-0.2, 0) is 0 Å². The molecule has 0 spiro atoms. The lowest BCUT2D eigenvalue weighted by Crippen LogP contribution is -3.07. The van der Waals surface area contributed by atoms with Crippen LogP contribution in [0.25, 0.3) is 0 Å². The van der Waals surface area contributed by atoms with Crippen LogP contribution >= 0.6 is 0 Å². The zero-order valence-electron chi connectivity index (χ0n) is 7.03. The lowest BCUT2D eigenvalue weighted by molar-refractivity contribution is -0.823. The minimum atomic E-state index is -0.146. The van der Waals surface area contributed by atoms with Gasteiger partial charge in [-0.05, 0) is 19.4 Å². The van der Waals surface area contributed by atoms with Crippen LogP contribution < -0.4 is 5.06 Å². The molecule has 0 bridgehead atoms. The van der Waals surface area contributed by atoms with E-state index in [1.165, 1.54) is 6.20 Å². The normalized spacial score (nSPS) is 32.4. The fourth-order valence-corrected chi connectivity index (χ4v) is 1.68. The third-order valence-corrected chi connectivity index (χ3v) is 2.40. The first kappa shape index (κ1) is 9.35. The van der Waals surface area contributed by atoms with Crippen LogP contribution in [-0.4, -0.2) is 12.1 Å². The van der Waals surface area contributed by atoms with E-state index in [9.17, 15) is 10.1 Å². The Balaban J connectivity index is 2.44. The van der Waals surface area contributed by atoms with Gasteiger partial charge in [0, 0.05) is 12.8 Å². The summed E-state index contributed by atoms with van der Waals surface area (Å²) in [6, 6.07) is -0.147. The quantitative estimate of drug-likeness (QED) is 0.498. The predicted octanol–water partition coefficient (Wildman–Crippen LogP) is 0.590. The van der Waals surface area contributed by atoms with Crippen molar-refractivity contribution in [2.75, 3.05) is 0 Å². The highest BCUT2D eigenvalue weighted by Crippen LogP contribution is 2.19. The van der Waals surface area contributed by atoms with Crippen LogP contribution in [0.3, 0.4) is 0 Å². The Morgan fingerprint density at radius 1 is 1.58 bits per heavy atom. The Bertz CT molecular complexity index is 166. The van der Waals surface area contributed by atoms with Gasteiger partial charge in [0.2, 0.25) is 0 Å². The van der Waals surface area contributed by atoms with Crippen LogP contribution in [0.2, 0.25) is 0 Å². The van der Waals surface area contributed by atoms with E-state index in [0.29, 0.717) is 6.42 Å². The van der Waals surface area contributed by atoms with Crippen molar-refractivity contribution >= 4 is 0 Å². The Kier molecular flexibility index (Phi) is 3.37. The smallest absolute Gasteiger partial charge is 0.0976 e. The van der Waals surface area contributed by atoms with Crippen LogP contribution in [0.4, 0.5) is 0 Å². The highest BCUT2D eigenvalue weighted by molar-refractivity contribution is 4.77. The average Bonchev–Trinajstić information content (AvgIpc) is 2.17. The molecule has 1 N–H and O–H groups in total. The van der Waals surface area contributed by atoms with E-state index in [0.717, 1.165) is 19.3 Å². The summed E-state index contributed by atoms with van der Waals surface area (Å²) in [7, 11) is 0.